The molecule has 0 saturated carbocycles. The van der Waals surface area contributed by atoms with Gasteiger partial charge in [-0.1, -0.05) is 37.6 Å². The van der Waals surface area contributed by atoms with E-state index in [-0.39, 0.29) is 5.56 Å². The minimum atomic E-state index is -0.0686. The molecule has 2 aromatic heterocycles. The number of hydrogen-bond donors (Lipinski definition) is 0. The number of nitrogens with zero attached hydrogens (tertiary/aromatic N) is 2. The summed E-state index contributed by atoms with van der Waals surface area (Å²) in [5, 5.41) is 2.43. The first-order valence-corrected chi connectivity index (χ1v) is 10.1. The number of aromatic nitrogens is 2. The van der Waals surface area contributed by atoms with Gasteiger partial charge in [-0.05, 0) is 56.2 Å². The fourth-order valence-electron chi connectivity index (χ4n) is 3.91. The Balaban J connectivity index is 1.93. The molecule has 2 aromatic carbocycles. The summed E-state index contributed by atoms with van der Waals surface area (Å²) in [7, 11) is 0. The van der Waals surface area contributed by atoms with E-state index in [0.29, 0.717) is 17.5 Å². The van der Waals surface area contributed by atoms with Crippen molar-refractivity contribution in [3.63, 3.8) is 0 Å². The van der Waals surface area contributed by atoms with Crippen molar-refractivity contribution in [1.82, 2.24) is 9.13 Å². The molecule has 2 heterocycles. The molecule has 0 bridgehead atoms. The van der Waals surface area contributed by atoms with Crippen LogP contribution in [0, 0.1) is 0 Å². The van der Waals surface area contributed by atoms with E-state index in [2.05, 4.69) is 60.9 Å². The largest absolute Gasteiger partial charge is 0.435 e. The van der Waals surface area contributed by atoms with Crippen LogP contribution in [0.4, 0.5) is 0 Å². The third-order valence-electron chi connectivity index (χ3n) is 5.27. The molecule has 4 aromatic rings. The molecule has 0 spiro atoms. The fourth-order valence-corrected chi connectivity index (χ4v) is 3.91. The summed E-state index contributed by atoms with van der Waals surface area (Å²) in [5.74, 6) is 0. The number of unbranched alkanes of at least 4 members (excludes halogenated alkanes) is 1. The molecule has 0 N–H and O–H groups in total. The number of rotatable bonds is 5. The van der Waals surface area contributed by atoms with Crippen molar-refractivity contribution in [2.75, 3.05) is 0 Å². The lowest BCUT2D eigenvalue weighted by molar-refractivity contribution is 0.465. The van der Waals surface area contributed by atoms with Gasteiger partial charge in [-0.15, -0.1) is 0 Å². The monoisotopic (exact) mass is 374 g/mol. The molecule has 28 heavy (non-hydrogen) atoms. The van der Waals surface area contributed by atoms with Gasteiger partial charge in [-0.2, -0.15) is 0 Å². The van der Waals surface area contributed by atoms with E-state index in [1.165, 1.54) is 21.8 Å². The van der Waals surface area contributed by atoms with Crippen LogP contribution < -0.4 is 16.5 Å². The van der Waals surface area contributed by atoms with Crippen molar-refractivity contribution in [1.29, 1.82) is 0 Å². The summed E-state index contributed by atoms with van der Waals surface area (Å²) in [6.45, 7) is 7.77. The molecule has 0 aliphatic carbocycles. The SMILES string of the molecule is CCC/C=c1/o/c(=C/c2ccc3c(c2)c2ccccc2n3CC)c(=O)n1CC. The zero-order valence-corrected chi connectivity index (χ0v) is 16.7. The quantitative estimate of drug-likeness (QED) is 0.530. The van der Waals surface area contributed by atoms with Gasteiger partial charge in [0.25, 0.3) is 5.56 Å². The van der Waals surface area contributed by atoms with Crippen LogP contribution in [0.1, 0.15) is 39.2 Å². The summed E-state index contributed by atoms with van der Waals surface area (Å²) in [4.78, 5) is 12.7. The van der Waals surface area contributed by atoms with Crippen LogP contribution in [0.3, 0.4) is 0 Å². The van der Waals surface area contributed by atoms with Crippen molar-refractivity contribution in [3.05, 3.63) is 69.3 Å². The molecule has 0 aliphatic rings. The number of oxazole rings is 1. The van der Waals surface area contributed by atoms with Gasteiger partial charge in [0.05, 0.1) is 0 Å². The van der Waals surface area contributed by atoms with E-state index >= 15 is 0 Å². The molecule has 0 unspecified atom stereocenters. The van der Waals surface area contributed by atoms with Crippen LogP contribution in [0.15, 0.2) is 51.7 Å². The van der Waals surface area contributed by atoms with E-state index in [1.807, 2.05) is 19.1 Å². The van der Waals surface area contributed by atoms with Crippen molar-refractivity contribution >= 4 is 34.0 Å². The first kappa shape index (κ1) is 18.4. The predicted octanol–water partition coefficient (Wildman–Crippen LogP) is 4.00. The van der Waals surface area contributed by atoms with Gasteiger partial charge in [0.2, 0.25) is 0 Å². The maximum absolute atomic E-state index is 12.7. The van der Waals surface area contributed by atoms with E-state index in [0.717, 1.165) is 24.9 Å². The average Bonchev–Trinajstić information content (AvgIpc) is 3.20. The van der Waals surface area contributed by atoms with E-state index in [9.17, 15) is 4.79 Å². The van der Waals surface area contributed by atoms with Gasteiger partial charge in [-0.25, -0.2) is 0 Å². The predicted molar refractivity (Wildman–Crippen MR) is 116 cm³/mol. The Kier molecular flexibility index (Phi) is 4.95. The second-order valence-electron chi connectivity index (χ2n) is 7.03. The van der Waals surface area contributed by atoms with Crippen LogP contribution in [-0.2, 0) is 13.1 Å². The number of para-hydroxylation sites is 1. The van der Waals surface area contributed by atoms with Crippen LogP contribution in [0.5, 0.6) is 0 Å². The third kappa shape index (κ3) is 2.99. The van der Waals surface area contributed by atoms with Crippen LogP contribution in [-0.4, -0.2) is 9.13 Å². The summed E-state index contributed by atoms with van der Waals surface area (Å²) >= 11 is 0. The average molecular weight is 374 g/mol. The summed E-state index contributed by atoms with van der Waals surface area (Å²) in [6, 6.07) is 14.8. The fraction of sp³-hybridized carbons (Fsp3) is 0.292. The lowest BCUT2D eigenvalue weighted by Gasteiger charge is -2.02. The van der Waals surface area contributed by atoms with Crippen LogP contribution >= 0.6 is 0 Å². The molecular weight excluding hydrogens is 348 g/mol. The Labute approximate surface area is 164 Å². The highest BCUT2D eigenvalue weighted by Gasteiger charge is 2.10. The van der Waals surface area contributed by atoms with Crippen LogP contribution in [0.2, 0.25) is 0 Å². The number of benzene rings is 2. The number of fused-ring (bicyclic) bond motifs is 3. The van der Waals surface area contributed by atoms with Crippen molar-refractivity contribution in [2.45, 2.75) is 46.7 Å². The van der Waals surface area contributed by atoms with Gasteiger partial charge >= 0.3 is 0 Å². The smallest absolute Gasteiger partial charge is 0.296 e. The van der Waals surface area contributed by atoms with Gasteiger partial charge in [0.1, 0.15) is 0 Å². The molecule has 144 valence electrons. The Morgan fingerprint density at radius 2 is 1.68 bits per heavy atom. The highest BCUT2D eigenvalue weighted by molar-refractivity contribution is 6.08. The highest BCUT2D eigenvalue weighted by Crippen LogP contribution is 2.29. The standard InChI is InChI=1S/C24H26N2O2/c1-4-7-12-23-26(6-3)24(27)22(28-23)16-17-13-14-21-19(15-17)18-10-8-9-11-20(18)25(21)5-2/h8-16H,4-7H2,1-3H3/b22-16+,23-12+. The Morgan fingerprint density at radius 1 is 0.929 bits per heavy atom. The molecule has 0 amide bonds. The third-order valence-corrected chi connectivity index (χ3v) is 5.27. The normalized spacial score (nSPS) is 13.2. The molecular formula is C24H26N2O2. The minimum Gasteiger partial charge on any atom is -0.435 e. The molecule has 0 fully saturated rings. The summed E-state index contributed by atoms with van der Waals surface area (Å²) in [6.07, 6.45) is 5.78. The Bertz CT molecular complexity index is 1320. The molecule has 4 heteroatoms. The zero-order chi connectivity index (χ0) is 19.7. The van der Waals surface area contributed by atoms with E-state index in [1.54, 1.807) is 4.57 Å². The molecule has 0 saturated heterocycles. The highest BCUT2D eigenvalue weighted by atomic mass is 16.4. The van der Waals surface area contributed by atoms with Gasteiger partial charge in [-0.3, -0.25) is 9.36 Å². The Hall–Kier alpha value is -3.01. The summed E-state index contributed by atoms with van der Waals surface area (Å²) in [5.41, 5.74) is 4.40. The number of hydrogen-bond acceptors (Lipinski definition) is 2. The zero-order valence-electron chi connectivity index (χ0n) is 16.7. The first-order chi connectivity index (χ1) is 13.7. The first-order valence-electron chi connectivity index (χ1n) is 10.1. The van der Waals surface area contributed by atoms with Gasteiger partial charge in [0.15, 0.2) is 11.0 Å². The van der Waals surface area contributed by atoms with Gasteiger partial charge < -0.3 is 8.98 Å². The van der Waals surface area contributed by atoms with Crippen molar-refractivity contribution in [3.8, 4) is 0 Å². The number of aryl methyl sites for hydroxylation is 1. The molecule has 0 radical (unpaired) electrons. The second-order valence-corrected chi connectivity index (χ2v) is 7.03. The Morgan fingerprint density at radius 3 is 2.43 bits per heavy atom. The second kappa shape index (κ2) is 7.55. The topological polar surface area (TPSA) is 40.1 Å². The minimum absolute atomic E-state index is 0.0686. The van der Waals surface area contributed by atoms with E-state index < -0.39 is 0 Å². The molecule has 4 nitrogen and oxygen atoms in total. The lowest BCUT2D eigenvalue weighted by atomic mass is 10.1. The maximum Gasteiger partial charge on any atom is 0.296 e. The van der Waals surface area contributed by atoms with Crippen molar-refractivity contribution < 1.29 is 4.42 Å². The molecule has 0 aliphatic heterocycles. The molecule has 0 atom stereocenters. The van der Waals surface area contributed by atoms with Crippen molar-refractivity contribution in [2.24, 2.45) is 0 Å². The van der Waals surface area contributed by atoms with Gasteiger partial charge in [0, 0.05) is 34.9 Å². The lowest BCUT2D eigenvalue weighted by Crippen LogP contribution is -2.30. The maximum atomic E-state index is 12.7. The molecule has 4 rings (SSSR count). The van der Waals surface area contributed by atoms with E-state index in [4.69, 9.17) is 4.42 Å². The summed E-state index contributed by atoms with van der Waals surface area (Å²) < 4.78 is 9.92. The van der Waals surface area contributed by atoms with Crippen LogP contribution in [0.25, 0.3) is 34.0 Å².